The Labute approximate surface area is 119 Å². The first-order chi connectivity index (χ1) is 9.52. The van der Waals surface area contributed by atoms with Crippen LogP contribution < -0.4 is 5.32 Å². The maximum atomic E-state index is 12.0. The van der Waals surface area contributed by atoms with Crippen molar-refractivity contribution < 1.29 is 24.2 Å². The number of hydrogen-bond acceptors (Lipinski definition) is 5. The summed E-state index contributed by atoms with van der Waals surface area (Å²) in [6, 6.07) is 0. The van der Waals surface area contributed by atoms with Gasteiger partial charge in [0.1, 0.15) is 11.4 Å². The molecule has 0 radical (unpaired) electrons. The lowest BCUT2D eigenvalue weighted by atomic mass is 10.1. The van der Waals surface area contributed by atoms with Crippen LogP contribution in [0.3, 0.4) is 0 Å². The average Bonchev–Trinajstić information content (AvgIpc) is 3.10. The van der Waals surface area contributed by atoms with Crippen LogP contribution in [0.5, 0.6) is 0 Å². The molecule has 1 aromatic rings. The molecule has 20 heavy (non-hydrogen) atoms. The topological polar surface area (TPSA) is 92.7 Å². The number of nitrogens with one attached hydrogen (secondary N) is 1. The number of carbonyl (C=O) groups excluding carboxylic acids is 2. The van der Waals surface area contributed by atoms with Gasteiger partial charge in [-0.1, -0.05) is 0 Å². The van der Waals surface area contributed by atoms with Gasteiger partial charge in [0.15, 0.2) is 0 Å². The van der Waals surface area contributed by atoms with Crippen LogP contribution in [-0.2, 0) is 14.3 Å². The number of amides is 1. The third-order valence-electron chi connectivity index (χ3n) is 2.88. The molecule has 0 spiro atoms. The summed E-state index contributed by atoms with van der Waals surface area (Å²) in [5.41, 5.74) is 1.26. The van der Waals surface area contributed by atoms with E-state index in [1.165, 1.54) is 11.3 Å². The van der Waals surface area contributed by atoms with Crippen molar-refractivity contribution in [3.63, 3.8) is 0 Å². The Morgan fingerprint density at radius 2 is 2.15 bits per heavy atom. The number of ether oxygens (including phenoxy) is 1. The first-order valence-electron chi connectivity index (χ1n) is 6.33. The fourth-order valence-corrected chi connectivity index (χ4v) is 2.93. The van der Waals surface area contributed by atoms with E-state index in [4.69, 9.17) is 9.84 Å². The van der Waals surface area contributed by atoms with E-state index in [1.54, 1.807) is 6.92 Å². The molecule has 1 heterocycles. The molecule has 2 N–H and O–H groups in total. The van der Waals surface area contributed by atoms with Crippen LogP contribution in [-0.4, -0.2) is 29.6 Å². The molecule has 0 atom stereocenters. The first-order valence-corrected chi connectivity index (χ1v) is 7.21. The summed E-state index contributed by atoms with van der Waals surface area (Å²) < 4.78 is 5.01. The van der Waals surface area contributed by atoms with Crippen LogP contribution in [0, 0.1) is 0 Å². The lowest BCUT2D eigenvalue weighted by molar-refractivity contribution is -0.139. The lowest BCUT2D eigenvalue weighted by Crippen LogP contribution is -2.17. The molecule has 2 rings (SSSR count). The summed E-state index contributed by atoms with van der Waals surface area (Å²) in [5.74, 6) is -1.98. The Balaban J connectivity index is 2.21. The number of anilines is 1. The Hall–Kier alpha value is -1.89. The van der Waals surface area contributed by atoms with Gasteiger partial charge in [0.2, 0.25) is 5.91 Å². The predicted molar refractivity (Wildman–Crippen MR) is 73.1 cm³/mol. The molecule has 0 bridgehead atoms. The molecule has 1 aliphatic carbocycles. The van der Waals surface area contributed by atoms with Gasteiger partial charge in [-0.15, -0.1) is 11.3 Å². The molecule has 1 aromatic heterocycles. The summed E-state index contributed by atoms with van der Waals surface area (Å²) in [6.07, 6.45) is 1.41. The Morgan fingerprint density at radius 3 is 2.70 bits per heavy atom. The highest BCUT2D eigenvalue weighted by molar-refractivity contribution is 7.15. The summed E-state index contributed by atoms with van der Waals surface area (Å²) in [5, 5.41) is 13.3. The monoisotopic (exact) mass is 297 g/mol. The molecule has 0 unspecified atom stereocenters. The third-order valence-corrected chi connectivity index (χ3v) is 3.79. The van der Waals surface area contributed by atoms with Crippen molar-refractivity contribution in [2.24, 2.45) is 0 Å². The highest BCUT2D eigenvalue weighted by Gasteiger charge is 2.32. The molecule has 1 saturated carbocycles. The SMILES string of the molecule is CCOC(=O)c1c(C2CC2)csc1NC(=O)CC(=O)O. The third kappa shape index (κ3) is 3.36. The summed E-state index contributed by atoms with van der Waals surface area (Å²) >= 11 is 1.23. The van der Waals surface area contributed by atoms with Gasteiger partial charge in [-0.25, -0.2) is 4.79 Å². The minimum Gasteiger partial charge on any atom is -0.481 e. The van der Waals surface area contributed by atoms with Crippen molar-refractivity contribution in [3.8, 4) is 0 Å². The van der Waals surface area contributed by atoms with E-state index < -0.39 is 24.3 Å². The van der Waals surface area contributed by atoms with Crippen LogP contribution >= 0.6 is 11.3 Å². The van der Waals surface area contributed by atoms with E-state index in [2.05, 4.69) is 5.32 Å². The fourth-order valence-electron chi connectivity index (χ4n) is 1.88. The van der Waals surface area contributed by atoms with Gasteiger partial charge in [0.25, 0.3) is 0 Å². The van der Waals surface area contributed by atoms with Crippen LogP contribution in [0.4, 0.5) is 5.00 Å². The highest BCUT2D eigenvalue weighted by Crippen LogP contribution is 2.46. The zero-order valence-corrected chi connectivity index (χ0v) is 11.8. The van der Waals surface area contributed by atoms with E-state index >= 15 is 0 Å². The minimum atomic E-state index is -1.21. The number of thiophene rings is 1. The number of carboxylic acids is 1. The second-order valence-corrected chi connectivity index (χ2v) is 5.39. The summed E-state index contributed by atoms with van der Waals surface area (Å²) in [6.45, 7) is 1.96. The smallest absolute Gasteiger partial charge is 0.341 e. The Kier molecular flexibility index (Phi) is 4.39. The van der Waals surface area contributed by atoms with E-state index in [1.807, 2.05) is 5.38 Å². The van der Waals surface area contributed by atoms with Crippen LogP contribution in [0.15, 0.2) is 5.38 Å². The zero-order chi connectivity index (χ0) is 14.7. The predicted octanol–water partition coefficient (Wildman–Crippen LogP) is 2.22. The van der Waals surface area contributed by atoms with Crippen LogP contribution in [0.2, 0.25) is 0 Å². The normalized spacial score (nSPS) is 13.8. The van der Waals surface area contributed by atoms with E-state index in [9.17, 15) is 14.4 Å². The summed E-state index contributed by atoms with van der Waals surface area (Å²) in [4.78, 5) is 34.0. The van der Waals surface area contributed by atoms with E-state index in [0.717, 1.165) is 18.4 Å². The number of hydrogen-bond donors (Lipinski definition) is 2. The molecule has 6 nitrogen and oxygen atoms in total. The lowest BCUT2D eigenvalue weighted by Gasteiger charge is -2.07. The molecule has 0 saturated heterocycles. The second-order valence-electron chi connectivity index (χ2n) is 4.51. The molecule has 1 aliphatic rings. The van der Waals surface area contributed by atoms with Gasteiger partial charge < -0.3 is 15.2 Å². The summed E-state index contributed by atoms with van der Waals surface area (Å²) in [7, 11) is 0. The molecule has 0 aromatic carbocycles. The molecular formula is C13H15NO5S. The van der Waals surface area contributed by atoms with Gasteiger partial charge in [-0.05, 0) is 36.6 Å². The largest absolute Gasteiger partial charge is 0.481 e. The van der Waals surface area contributed by atoms with Crippen LogP contribution in [0.1, 0.15) is 48.0 Å². The van der Waals surface area contributed by atoms with Gasteiger partial charge in [0, 0.05) is 0 Å². The molecule has 1 fully saturated rings. The molecule has 1 amide bonds. The maximum absolute atomic E-state index is 12.0. The highest BCUT2D eigenvalue weighted by atomic mass is 32.1. The fraction of sp³-hybridized carbons (Fsp3) is 0.462. The van der Waals surface area contributed by atoms with Crippen molar-refractivity contribution in [1.29, 1.82) is 0 Å². The minimum absolute atomic E-state index is 0.251. The Bertz CT molecular complexity index is 547. The molecule has 108 valence electrons. The van der Waals surface area contributed by atoms with Crippen molar-refractivity contribution >= 4 is 34.2 Å². The average molecular weight is 297 g/mol. The van der Waals surface area contributed by atoms with Crippen molar-refractivity contribution in [2.45, 2.75) is 32.1 Å². The number of aliphatic carboxylic acids is 1. The number of esters is 1. The zero-order valence-electron chi connectivity index (χ0n) is 11.0. The first kappa shape index (κ1) is 14.5. The maximum Gasteiger partial charge on any atom is 0.341 e. The van der Waals surface area contributed by atoms with Crippen molar-refractivity contribution in [2.75, 3.05) is 11.9 Å². The van der Waals surface area contributed by atoms with E-state index in [0.29, 0.717) is 16.5 Å². The van der Waals surface area contributed by atoms with Crippen LogP contribution in [0.25, 0.3) is 0 Å². The number of rotatable bonds is 6. The molecule has 0 aliphatic heterocycles. The standard InChI is InChI=1S/C13H15NO5S/c1-2-19-13(18)11-8(7-3-4-7)6-20-12(11)14-9(15)5-10(16)17/h6-7H,2-5H2,1H3,(H,14,15)(H,16,17). The molecular weight excluding hydrogens is 282 g/mol. The van der Waals surface area contributed by atoms with Crippen molar-refractivity contribution in [3.05, 3.63) is 16.5 Å². The molecule has 7 heteroatoms. The van der Waals surface area contributed by atoms with Crippen molar-refractivity contribution in [1.82, 2.24) is 0 Å². The number of carbonyl (C=O) groups is 3. The van der Waals surface area contributed by atoms with Gasteiger partial charge in [-0.3, -0.25) is 9.59 Å². The van der Waals surface area contributed by atoms with Gasteiger partial charge in [0.05, 0.1) is 12.2 Å². The number of carboxylic acid groups (broad SMARTS) is 1. The van der Waals surface area contributed by atoms with E-state index in [-0.39, 0.29) is 6.61 Å². The Morgan fingerprint density at radius 1 is 1.45 bits per heavy atom. The van der Waals surface area contributed by atoms with Gasteiger partial charge in [-0.2, -0.15) is 0 Å². The van der Waals surface area contributed by atoms with Gasteiger partial charge >= 0.3 is 11.9 Å². The quantitative estimate of drug-likeness (QED) is 0.620. The second kappa shape index (κ2) is 6.04.